The van der Waals surface area contributed by atoms with Crippen LogP contribution < -0.4 is 14.8 Å². The molecule has 0 spiro atoms. The number of ether oxygens (including phenoxy) is 2. The zero-order valence-electron chi connectivity index (χ0n) is 21.7. The maximum Gasteiger partial charge on any atom is 0.226 e. The molecule has 2 N–H and O–H groups in total. The van der Waals surface area contributed by atoms with Gasteiger partial charge in [-0.2, -0.15) is 4.98 Å². The number of hydrogen-bond acceptors (Lipinski definition) is 7. The van der Waals surface area contributed by atoms with E-state index in [-0.39, 0.29) is 6.04 Å². The lowest BCUT2D eigenvalue weighted by molar-refractivity contribution is 0.293. The molecule has 0 unspecified atom stereocenters. The van der Waals surface area contributed by atoms with E-state index in [4.69, 9.17) is 19.4 Å². The number of methoxy groups -OCH3 is 1. The molecule has 0 aliphatic heterocycles. The molecule has 1 saturated carbocycles. The van der Waals surface area contributed by atoms with Crippen molar-refractivity contribution >= 4 is 16.9 Å². The minimum atomic E-state index is 0.173. The van der Waals surface area contributed by atoms with Crippen molar-refractivity contribution in [1.82, 2.24) is 24.9 Å². The number of anilines is 1. The first kappa shape index (κ1) is 23.9. The van der Waals surface area contributed by atoms with E-state index in [0.717, 1.165) is 50.4 Å². The number of nitrogens with one attached hydrogen (secondary N) is 2. The van der Waals surface area contributed by atoms with E-state index in [1.54, 1.807) is 7.11 Å². The molecular formula is C30H30N6O2. The Bertz CT molecular complexity index is 1570. The van der Waals surface area contributed by atoms with Crippen molar-refractivity contribution in [3.05, 3.63) is 78.4 Å². The van der Waals surface area contributed by atoms with Gasteiger partial charge in [0.15, 0.2) is 0 Å². The van der Waals surface area contributed by atoms with Crippen LogP contribution in [-0.4, -0.2) is 38.1 Å². The molecule has 192 valence electrons. The topological polar surface area (TPSA) is 97.8 Å². The van der Waals surface area contributed by atoms with Crippen molar-refractivity contribution in [1.29, 1.82) is 0 Å². The van der Waals surface area contributed by atoms with Gasteiger partial charge in [-0.25, -0.2) is 9.97 Å². The zero-order chi connectivity index (χ0) is 26.1. The van der Waals surface area contributed by atoms with E-state index in [2.05, 4.69) is 52.3 Å². The van der Waals surface area contributed by atoms with Crippen molar-refractivity contribution in [3.8, 4) is 34.1 Å². The van der Waals surface area contributed by atoms with Gasteiger partial charge in [-0.05, 0) is 56.5 Å². The maximum atomic E-state index is 6.11. The summed E-state index contributed by atoms with van der Waals surface area (Å²) in [5.74, 6) is 2.39. The van der Waals surface area contributed by atoms with Gasteiger partial charge in [0.25, 0.3) is 0 Å². The minimum absolute atomic E-state index is 0.173. The predicted molar refractivity (Wildman–Crippen MR) is 148 cm³/mol. The Labute approximate surface area is 221 Å². The first-order valence-electron chi connectivity index (χ1n) is 12.9. The van der Waals surface area contributed by atoms with Gasteiger partial charge in [-0.15, -0.1) is 0 Å². The average molecular weight is 507 g/mol. The van der Waals surface area contributed by atoms with Crippen LogP contribution in [0.25, 0.3) is 33.4 Å². The van der Waals surface area contributed by atoms with Crippen molar-refractivity contribution in [2.45, 2.75) is 45.3 Å². The van der Waals surface area contributed by atoms with Crippen LogP contribution in [0.2, 0.25) is 0 Å². The average Bonchev–Trinajstić information content (AvgIpc) is 3.70. The first-order chi connectivity index (χ1) is 18.6. The van der Waals surface area contributed by atoms with Crippen molar-refractivity contribution < 1.29 is 9.47 Å². The molecule has 0 atom stereocenters. The van der Waals surface area contributed by atoms with E-state index in [9.17, 15) is 0 Å². The fourth-order valence-electron chi connectivity index (χ4n) is 4.43. The van der Waals surface area contributed by atoms with Gasteiger partial charge in [0.05, 0.1) is 30.4 Å². The summed E-state index contributed by atoms with van der Waals surface area (Å²) in [5, 5.41) is 4.37. The summed E-state index contributed by atoms with van der Waals surface area (Å²) in [6.07, 6.45) is 8.10. The number of fused-ring (bicyclic) bond motifs is 1. The van der Waals surface area contributed by atoms with E-state index in [0.29, 0.717) is 24.4 Å². The van der Waals surface area contributed by atoms with Crippen LogP contribution in [0.5, 0.6) is 11.6 Å². The number of benzene rings is 2. The molecule has 8 nitrogen and oxygen atoms in total. The zero-order valence-corrected chi connectivity index (χ0v) is 21.7. The molecule has 8 heteroatoms. The Morgan fingerprint density at radius 2 is 1.82 bits per heavy atom. The van der Waals surface area contributed by atoms with Crippen LogP contribution in [0, 0.1) is 0 Å². The molecule has 38 heavy (non-hydrogen) atoms. The number of nitrogens with zero attached hydrogens (tertiary/aromatic N) is 4. The molecule has 0 saturated heterocycles. The highest BCUT2D eigenvalue weighted by Crippen LogP contribution is 2.39. The smallest absolute Gasteiger partial charge is 0.226 e. The van der Waals surface area contributed by atoms with Gasteiger partial charge < -0.3 is 19.8 Å². The predicted octanol–water partition coefficient (Wildman–Crippen LogP) is 6.37. The highest BCUT2D eigenvalue weighted by atomic mass is 16.5. The Morgan fingerprint density at radius 1 is 0.974 bits per heavy atom. The summed E-state index contributed by atoms with van der Waals surface area (Å²) < 4.78 is 11.4. The maximum absolute atomic E-state index is 6.11. The summed E-state index contributed by atoms with van der Waals surface area (Å²) in [5.41, 5.74) is 6.78. The molecule has 1 aliphatic rings. The largest absolute Gasteiger partial charge is 0.497 e. The lowest BCUT2D eigenvalue weighted by Gasteiger charge is -2.13. The minimum Gasteiger partial charge on any atom is -0.497 e. The molecule has 1 fully saturated rings. The van der Waals surface area contributed by atoms with Gasteiger partial charge in [-0.3, -0.25) is 4.98 Å². The van der Waals surface area contributed by atoms with Crippen LogP contribution in [-0.2, 0) is 6.61 Å². The lowest BCUT2D eigenvalue weighted by Crippen LogP contribution is -2.13. The fourth-order valence-corrected chi connectivity index (χ4v) is 4.43. The summed E-state index contributed by atoms with van der Waals surface area (Å²) in [4.78, 5) is 22.2. The molecule has 2 aromatic carbocycles. The van der Waals surface area contributed by atoms with Gasteiger partial charge in [0, 0.05) is 52.4 Å². The van der Waals surface area contributed by atoms with Gasteiger partial charge in [0.1, 0.15) is 12.4 Å². The molecule has 5 aromatic rings. The van der Waals surface area contributed by atoms with E-state index >= 15 is 0 Å². The third kappa shape index (κ3) is 5.16. The SMILES string of the molecule is COc1ccc(COc2cc(-c3c[nH]c4ccc(-c5cncc(C6CC6)n5)cc34)nc(NC(C)C)n2)cc1. The summed E-state index contributed by atoms with van der Waals surface area (Å²) in [6, 6.07) is 16.2. The standard InChI is InChI=1S/C30H30N6O2/c1-18(2)33-30-35-26(13-29(36-30)38-17-19-4-9-22(37-3)10-5-19)24-14-32-25-11-8-21(12-23(24)25)28-16-31-15-27(34-28)20-6-7-20/h4-5,8-16,18,20,32H,6-7,17H2,1-3H3,(H,33,35,36). The molecule has 3 aromatic heterocycles. The van der Waals surface area contributed by atoms with Crippen molar-refractivity contribution in [2.75, 3.05) is 12.4 Å². The molecule has 0 amide bonds. The Morgan fingerprint density at radius 3 is 2.58 bits per heavy atom. The van der Waals surface area contributed by atoms with Crippen LogP contribution in [0.1, 0.15) is 43.9 Å². The van der Waals surface area contributed by atoms with Crippen LogP contribution in [0.4, 0.5) is 5.95 Å². The Hall–Kier alpha value is -4.46. The summed E-state index contributed by atoms with van der Waals surface area (Å²) in [6.45, 7) is 4.50. The van der Waals surface area contributed by atoms with Gasteiger partial charge in [-0.1, -0.05) is 18.2 Å². The van der Waals surface area contributed by atoms with Crippen LogP contribution in [0.15, 0.2) is 67.1 Å². The monoisotopic (exact) mass is 506 g/mol. The number of aromatic amines is 1. The second-order valence-electron chi connectivity index (χ2n) is 9.92. The third-order valence-electron chi connectivity index (χ3n) is 6.57. The second-order valence-corrected chi connectivity index (χ2v) is 9.92. The molecule has 0 bridgehead atoms. The van der Waals surface area contributed by atoms with E-state index < -0.39 is 0 Å². The number of aromatic nitrogens is 5. The van der Waals surface area contributed by atoms with Crippen LogP contribution >= 0.6 is 0 Å². The van der Waals surface area contributed by atoms with E-state index in [1.165, 1.54) is 12.8 Å². The number of H-pyrrole nitrogens is 1. The first-order valence-corrected chi connectivity index (χ1v) is 12.9. The Balaban J connectivity index is 1.34. The quantitative estimate of drug-likeness (QED) is 0.240. The van der Waals surface area contributed by atoms with Gasteiger partial charge in [0.2, 0.25) is 11.8 Å². The highest BCUT2D eigenvalue weighted by Gasteiger charge is 2.25. The van der Waals surface area contributed by atoms with Crippen molar-refractivity contribution in [2.24, 2.45) is 0 Å². The highest BCUT2D eigenvalue weighted by molar-refractivity contribution is 5.97. The van der Waals surface area contributed by atoms with Gasteiger partial charge >= 0.3 is 0 Å². The fraction of sp³-hybridized carbons (Fsp3) is 0.267. The number of rotatable bonds is 9. The molecular weight excluding hydrogens is 476 g/mol. The Kier molecular flexibility index (Phi) is 6.37. The molecule has 3 heterocycles. The van der Waals surface area contributed by atoms with E-state index in [1.807, 2.05) is 48.9 Å². The summed E-state index contributed by atoms with van der Waals surface area (Å²) >= 11 is 0. The second kappa shape index (κ2) is 10.1. The van der Waals surface area contributed by atoms with Crippen LogP contribution in [0.3, 0.4) is 0 Å². The summed E-state index contributed by atoms with van der Waals surface area (Å²) in [7, 11) is 1.66. The van der Waals surface area contributed by atoms with Crippen molar-refractivity contribution in [3.63, 3.8) is 0 Å². The lowest BCUT2D eigenvalue weighted by atomic mass is 10.1. The number of hydrogen-bond donors (Lipinski definition) is 2. The molecule has 1 aliphatic carbocycles. The normalized spacial score (nSPS) is 13.2. The third-order valence-corrected chi connectivity index (χ3v) is 6.57. The molecule has 0 radical (unpaired) electrons. The molecule has 6 rings (SSSR count).